The fourth-order valence-electron chi connectivity index (χ4n) is 1.62. The second-order valence-corrected chi connectivity index (χ2v) is 5.30. The summed E-state index contributed by atoms with van der Waals surface area (Å²) < 4.78 is 9.74. The topological polar surface area (TPSA) is 98.7 Å². The number of ether oxygens (including phenoxy) is 2. The molecule has 0 unspecified atom stereocenters. The van der Waals surface area contributed by atoms with E-state index in [4.69, 9.17) is 9.47 Å². The molecule has 0 fully saturated rings. The Kier molecular flexibility index (Phi) is 10.3. The predicted octanol–water partition coefficient (Wildman–Crippen LogP) is 0.692. The molecule has 0 aliphatic carbocycles. The maximum Gasteiger partial charge on any atom is 2.00 e. The van der Waals surface area contributed by atoms with Crippen molar-refractivity contribution in [2.45, 2.75) is 9.79 Å². The van der Waals surface area contributed by atoms with Gasteiger partial charge in [0.2, 0.25) is 0 Å². The Morgan fingerprint density at radius 1 is 0.800 bits per heavy atom. The van der Waals surface area contributed by atoms with Crippen molar-refractivity contribution in [3.8, 4) is 11.5 Å². The number of hydrogen-bond acceptors (Lipinski definition) is 8. The van der Waals surface area contributed by atoms with E-state index >= 15 is 0 Å². The molecular formula is C16H14O6S2Zn. The number of benzene rings is 2. The van der Waals surface area contributed by atoms with Gasteiger partial charge in [0.25, 0.3) is 0 Å². The van der Waals surface area contributed by atoms with E-state index in [-0.39, 0.29) is 30.6 Å². The Labute approximate surface area is 168 Å². The minimum absolute atomic E-state index is 0. The van der Waals surface area contributed by atoms with Gasteiger partial charge in [-0.25, -0.2) is 0 Å². The summed E-state index contributed by atoms with van der Waals surface area (Å²) in [6, 6.07) is 8.94. The van der Waals surface area contributed by atoms with Gasteiger partial charge in [-0.05, 0) is 36.4 Å². The summed E-state index contributed by atoms with van der Waals surface area (Å²) in [6.07, 6.45) is 0. The van der Waals surface area contributed by atoms with E-state index in [0.717, 1.165) is 0 Å². The first-order valence-corrected chi connectivity index (χ1v) is 7.36. The van der Waals surface area contributed by atoms with Gasteiger partial charge in [0.15, 0.2) is 0 Å². The van der Waals surface area contributed by atoms with Gasteiger partial charge in [-0.1, -0.05) is 0 Å². The molecule has 128 valence electrons. The molecule has 0 aromatic heterocycles. The van der Waals surface area contributed by atoms with Crippen LogP contribution in [0.5, 0.6) is 11.5 Å². The van der Waals surface area contributed by atoms with Crippen LogP contribution in [-0.4, -0.2) is 26.2 Å². The first kappa shape index (κ1) is 23.3. The largest absolute Gasteiger partial charge is 2.00 e. The van der Waals surface area contributed by atoms with Crippen molar-refractivity contribution in [3.05, 3.63) is 47.5 Å². The summed E-state index contributed by atoms with van der Waals surface area (Å²) in [6.45, 7) is 0. The van der Waals surface area contributed by atoms with Gasteiger partial charge in [-0.15, -0.1) is 25.3 Å². The Bertz CT molecular complexity index is 688. The second kappa shape index (κ2) is 11.0. The second-order valence-electron chi connectivity index (χ2n) is 4.34. The molecule has 2 aromatic carbocycles. The van der Waals surface area contributed by atoms with E-state index in [0.29, 0.717) is 21.3 Å². The van der Waals surface area contributed by atoms with Gasteiger partial charge < -0.3 is 29.3 Å². The number of rotatable bonds is 4. The molecule has 2 aromatic rings. The fourth-order valence-corrected chi connectivity index (χ4v) is 2.21. The van der Waals surface area contributed by atoms with Gasteiger partial charge in [-0.3, -0.25) is 0 Å². The zero-order valence-corrected chi connectivity index (χ0v) is 18.3. The molecule has 0 saturated heterocycles. The predicted molar refractivity (Wildman–Crippen MR) is 89.2 cm³/mol. The third kappa shape index (κ3) is 6.98. The number of hydrogen-bond donors (Lipinski definition) is 2. The number of aromatic carboxylic acids is 2. The number of carbonyl (C=O) groups excluding carboxylic acids is 2. The first-order valence-electron chi connectivity index (χ1n) is 6.46. The standard InChI is InChI=1S/2C8H8O3S.Zn/c2*1-11-5-2-3-6(8(9)10)7(12)4-5;/h2*2-4,12H,1H3,(H,9,10);/q;;+2/p-2. The number of carboxylic acids is 2. The van der Waals surface area contributed by atoms with Crippen LogP contribution in [0.25, 0.3) is 0 Å². The van der Waals surface area contributed by atoms with Crippen molar-refractivity contribution in [1.82, 2.24) is 0 Å². The summed E-state index contributed by atoms with van der Waals surface area (Å²) >= 11 is 7.92. The van der Waals surface area contributed by atoms with Crippen molar-refractivity contribution >= 4 is 37.2 Å². The Hall–Kier alpha value is -1.70. The van der Waals surface area contributed by atoms with Crippen LogP contribution in [0.3, 0.4) is 0 Å². The number of carbonyl (C=O) groups is 2. The maximum absolute atomic E-state index is 10.4. The van der Waals surface area contributed by atoms with Gasteiger partial charge in [0, 0.05) is 20.9 Å². The normalized spacial score (nSPS) is 9.12. The van der Waals surface area contributed by atoms with E-state index in [1.54, 1.807) is 12.1 Å². The quantitative estimate of drug-likeness (QED) is 0.546. The van der Waals surface area contributed by atoms with Crippen LogP contribution in [-0.2, 0) is 19.5 Å². The van der Waals surface area contributed by atoms with Crippen LogP contribution >= 0.6 is 25.3 Å². The van der Waals surface area contributed by atoms with Crippen molar-refractivity contribution in [3.63, 3.8) is 0 Å². The number of carboxylic acid groups (broad SMARTS) is 2. The molecule has 0 amide bonds. The van der Waals surface area contributed by atoms with Crippen molar-refractivity contribution in [2.24, 2.45) is 0 Å². The van der Waals surface area contributed by atoms with Gasteiger partial charge in [0.05, 0.1) is 26.2 Å². The molecule has 0 atom stereocenters. The van der Waals surface area contributed by atoms with Crippen LogP contribution in [0.2, 0.25) is 0 Å². The van der Waals surface area contributed by atoms with Crippen molar-refractivity contribution < 1.29 is 48.8 Å². The van der Waals surface area contributed by atoms with Crippen molar-refractivity contribution in [2.75, 3.05) is 14.2 Å². The first-order chi connectivity index (χ1) is 11.3. The zero-order valence-electron chi connectivity index (χ0n) is 13.5. The molecule has 0 bridgehead atoms. The van der Waals surface area contributed by atoms with Crippen LogP contribution in [0, 0.1) is 0 Å². The third-order valence-electron chi connectivity index (χ3n) is 2.85. The summed E-state index contributed by atoms with van der Waals surface area (Å²) in [4.78, 5) is 21.5. The minimum Gasteiger partial charge on any atom is -0.545 e. The van der Waals surface area contributed by atoms with Gasteiger partial charge >= 0.3 is 19.5 Å². The summed E-state index contributed by atoms with van der Waals surface area (Å²) in [7, 11) is 3.00. The molecule has 6 nitrogen and oxygen atoms in total. The Balaban J connectivity index is 0.000000443. The number of methoxy groups -OCH3 is 2. The molecule has 0 aliphatic rings. The molecule has 0 spiro atoms. The fraction of sp³-hybridized carbons (Fsp3) is 0.125. The van der Waals surface area contributed by atoms with Crippen LogP contribution in [0.4, 0.5) is 0 Å². The zero-order chi connectivity index (χ0) is 18.3. The van der Waals surface area contributed by atoms with E-state index in [1.807, 2.05) is 0 Å². The van der Waals surface area contributed by atoms with Crippen molar-refractivity contribution in [1.29, 1.82) is 0 Å². The van der Waals surface area contributed by atoms with Gasteiger partial charge in [0.1, 0.15) is 11.5 Å². The summed E-state index contributed by atoms with van der Waals surface area (Å²) in [5.74, 6) is -1.32. The molecule has 0 aliphatic heterocycles. The molecule has 2 rings (SSSR count). The van der Waals surface area contributed by atoms with E-state index < -0.39 is 11.9 Å². The average Bonchev–Trinajstić information content (AvgIpc) is 2.54. The Morgan fingerprint density at radius 2 is 1.12 bits per heavy atom. The molecule has 0 heterocycles. The molecular weight excluding hydrogens is 418 g/mol. The monoisotopic (exact) mass is 430 g/mol. The van der Waals surface area contributed by atoms with Crippen LogP contribution in [0.15, 0.2) is 46.2 Å². The smallest absolute Gasteiger partial charge is 0.545 e. The maximum atomic E-state index is 10.4. The van der Waals surface area contributed by atoms with E-state index in [9.17, 15) is 19.8 Å². The van der Waals surface area contributed by atoms with Crippen LogP contribution < -0.4 is 19.7 Å². The summed E-state index contributed by atoms with van der Waals surface area (Å²) in [5.41, 5.74) is 0.137. The molecule has 25 heavy (non-hydrogen) atoms. The Morgan fingerprint density at radius 3 is 1.32 bits per heavy atom. The minimum atomic E-state index is -1.23. The third-order valence-corrected chi connectivity index (χ3v) is 3.59. The molecule has 0 N–H and O–H groups in total. The molecule has 0 radical (unpaired) electrons. The van der Waals surface area contributed by atoms with Crippen LogP contribution in [0.1, 0.15) is 20.7 Å². The SMILES string of the molecule is COc1ccc(C(=O)[O-])c(S)c1.COc1ccc(C(=O)[O-])c(S)c1.[Zn+2]. The molecule has 0 saturated carbocycles. The summed E-state index contributed by atoms with van der Waals surface area (Å²) in [5, 5.41) is 20.8. The van der Waals surface area contributed by atoms with E-state index in [1.165, 1.54) is 38.5 Å². The average molecular weight is 432 g/mol. The van der Waals surface area contributed by atoms with E-state index in [2.05, 4.69) is 25.3 Å². The van der Waals surface area contributed by atoms with Gasteiger partial charge in [-0.2, -0.15) is 0 Å². The number of thiol groups is 2. The molecule has 9 heteroatoms.